The molecule has 0 spiro atoms. The normalized spacial score (nSPS) is 30.1. The third kappa shape index (κ3) is 4.76. The Morgan fingerprint density at radius 1 is 1.28 bits per heavy atom. The second-order valence-corrected chi connectivity index (χ2v) is 6.53. The lowest BCUT2D eigenvalue weighted by Gasteiger charge is -2.35. The van der Waals surface area contributed by atoms with E-state index in [4.69, 9.17) is 0 Å². The maximum Gasteiger partial charge on any atom is 0.0459 e. The molecule has 0 aromatic heterocycles. The fourth-order valence-electron chi connectivity index (χ4n) is 3.49. The van der Waals surface area contributed by atoms with E-state index in [0.717, 1.165) is 12.3 Å². The molecule has 0 aromatic carbocycles. The Bertz CT molecular complexity index is 246. The van der Waals surface area contributed by atoms with Gasteiger partial charge in [0.05, 0.1) is 0 Å². The van der Waals surface area contributed by atoms with Crippen LogP contribution in [0.25, 0.3) is 0 Å². The number of aliphatic hydroxyl groups excluding tert-OH is 1. The first kappa shape index (κ1) is 15.8. The highest BCUT2D eigenvalue weighted by Crippen LogP contribution is 2.39. The number of hydrogen-bond donors (Lipinski definition) is 1. The number of aliphatic hydroxyl groups is 1. The van der Waals surface area contributed by atoms with Crippen LogP contribution in [0.2, 0.25) is 0 Å². The van der Waals surface area contributed by atoms with E-state index in [0.29, 0.717) is 24.4 Å². The van der Waals surface area contributed by atoms with Crippen LogP contribution in [0.1, 0.15) is 65.7 Å². The van der Waals surface area contributed by atoms with Crippen molar-refractivity contribution in [3.05, 3.63) is 12.2 Å². The highest BCUT2D eigenvalue weighted by Gasteiger charge is 2.29. The monoisotopic (exact) mass is 252 g/mol. The summed E-state index contributed by atoms with van der Waals surface area (Å²) in [5, 5.41) is 9.39. The molecule has 1 rings (SSSR count). The van der Waals surface area contributed by atoms with Crippen LogP contribution in [-0.2, 0) is 0 Å². The average molecular weight is 252 g/mol. The van der Waals surface area contributed by atoms with Gasteiger partial charge in [-0.05, 0) is 49.4 Å². The van der Waals surface area contributed by atoms with E-state index in [2.05, 4.69) is 27.4 Å². The standard InChI is InChI=1S/C17H32O/c1-5-6-7-8-14(3)15(4)17-10-13(2)9-16(11-17)12-18/h13-14,16-18H,4-12H2,1-3H3/t13-,14?,16?,17?/m0/s1. The molecule has 18 heavy (non-hydrogen) atoms. The maximum absolute atomic E-state index is 9.39. The zero-order chi connectivity index (χ0) is 13.5. The highest BCUT2D eigenvalue weighted by atomic mass is 16.3. The molecule has 0 bridgehead atoms. The second kappa shape index (κ2) is 7.99. The van der Waals surface area contributed by atoms with E-state index < -0.39 is 0 Å². The van der Waals surface area contributed by atoms with Crippen LogP contribution in [0.15, 0.2) is 12.2 Å². The molecule has 4 atom stereocenters. The first-order valence-corrected chi connectivity index (χ1v) is 7.87. The largest absolute Gasteiger partial charge is 0.396 e. The minimum absolute atomic E-state index is 0.359. The van der Waals surface area contributed by atoms with E-state index in [1.807, 2.05) is 0 Å². The maximum atomic E-state index is 9.39. The quantitative estimate of drug-likeness (QED) is 0.509. The van der Waals surface area contributed by atoms with E-state index in [1.54, 1.807) is 0 Å². The zero-order valence-electron chi connectivity index (χ0n) is 12.6. The Morgan fingerprint density at radius 2 is 2.00 bits per heavy atom. The van der Waals surface area contributed by atoms with E-state index in [9.17, 15) is 5.11 Å². The molecular formula is C17H32O. The van der Waals surface area contributed by atoms with Crippen molar-refractivity contribution in [1.29, 1.82) is 0 Å². The van der Waals surface area contributed by atoms with Crippen molar-refractivity contribution in [3.8, 4) is 0 Å². The molecule has 0 aliphatic heterocycles. The predicted molar refractivity (Wildman–Crippen MR) is 79.5 cm³/mol. The van der Waals surface area contributed by atoms with Crippen molar-refractivity contribution >= 4 is 0 Å². The lowest BCUT2D eigenvalue weighted by Crippen LogP contribution is -2.26. The van der Waals surface area contributed by atoms with Crippen LogP contribution in [-0.4, -0.2) is 11.7 Å². The zero-order valence-corrected chi connectivity index (χ0v) is 12.6. The Kier molecular flexibility index (Phi) is 6.99. The molecule has 1 saturated carbocycles. The molecule has 3 unspecified atom stereocenters. The number of unbranched alkanes of at least 4 members (excludes halogenated alkanes) is 2. The molecule has 1 fully saturated rings. The summed E-state index contributed by atoms with van der Waals surface area (Å²) in [6.45, 7) is 11.7. The summed E-state index contributed by atoms with van der Waals surface area (Å²) in [5.41, 5.74) is 1.45. The SMILES string of the molecule is C=C(C(C)CCCCC)C1CC(CO)C[C@H](C)C1. The van der Waals surface area contributed by atoms with Crippen LogP contribution in [0.5, 0.6) is 0 Å². The van der Waals surface area contributed by atoms with Gasteiger partial charge in [-0.2, -0.15) is 0 Å². The van der Waals surface area contributed by atoms with Crippen LogP contribution in [0, 0.1) is 23.7 Å². The van der Waals surface area contributed by atoms with Crippen LogP contribution >= 0.6 is 0 Å². The molecule has 0 aromatic rings. The second-order valence-electron chi connectivity index (χ2n) is 6.53. The van der Waals surface area contributed by atoms with Gasteiger partial charge >= 0.3 is 0 Å². The van der Waals surface area contributed by atoms with Gasteiger partial charge in [0.2, 0.25) is 0 Å². The summed E-state index contributed by atoms with van der Waals surface area (Å²) < 4.78 is 0. The first-order valence-electron chi connectivity index (χ1n) is 7.87. The molecule has 0 saturated heterocycles. The molecule has 0 amide bonds. The van der Waals surface area contributed by atoms with Gasteiger partial charge in [-0.1, -0.05) is 52.2 Å². The van der Waals surface area contributed by atoms with Crippen molar-refractivity contribution in [2.24, 2.45) is 23.7 Å². The minimum atomic E-state index is 0.359. The Morgan fingerprint density at radius 3 is 2.61 bits per heavy atom. The van der Waals surface area contributed by atoms with Crippen molar-refractivity contribution < 1.29 is 5.11 Å². The lowest BCUT2D eigenvalue weighted by atomic mass is 9.71. The van der Waals surface area contributed by atoms with Gasteiger partial charge in [0, 0.05) is 6.61 Å². The van der Waals surface area contributed by atoms with Crippen molar-refractivity contribution in [3.63, 3.8) is 0 Å². The molecule has 0 heterocycles. The van der Waals surface area contributed by atoms with Crippen molar-refractivity contribution in [2.75, 3.05) is 6.61 Å². The number of hydrogen-bond acceptors (Lipinski definition) is 1. The van der Waals surface area contributed by atoms with Crippen molar-refractivity contribution in [1.82, 2.24) is 0 Å². The molecule has 1 aliphatic rings. The molecular weight excluding hydrogens is 220 g/mol. The minimum Gasteiger partial charge on any atom is -0.396 e. The van der Waals surface area contributed by atoms with Gasteiger partial charge < -0.3 is 5.11 Å². The van der Waals surface area contributed by atoms with E-state index in [1.165, 1.54) is 44.1 Å². The Hall–Kier alpha value is -0.300. The summed E-state index contributed by atoms with van der Waals surface area (Å²) in [7, 11) is 0. The number of rotatable bonds is 7. The van der Waals surface area contributed by atoms with Crippen LogP contribution < -0.4 is 0 Å². The van der Waals surface area contributed by atoms with E-state index >= 15 is 0 Å². The Balaban J connectivity index is 2.44. The molecule has 0 radical (unpaired) electrons. The average Bonchev–Trinajstić information content (AvgIpc) is 2.37. The fourth-order valence-corrected chi connectivity index (χ4v) is 3.49. The molecule has 1 N–H and O–H groups in total. The Labute approximate surface area is 114 Å². The van der Waals surface area contributed by atoms with E-state index in [-0.39, 0.29) is 0 Å². The van der Waals surface area contributed by atoms with Gasteiger partial charge in [0.25, 0.3) is 0 Å². The molecule has 1 aliphatic carbocycles. The van der Waals surface area contributed by atoms with Gasteiger partial charge in [-0.25, -0.2) is 0 Å². The van der Waals surface area contributed by atoms with Gasteiger partial charge in [-0.15, -0.1) is 0 Å². The third-order valence-electron chi connectivity index (χ3n) is 4.70. The third-order valence-corrected chi connectivity index (χ3v) is 4.70. The summed E-state index contributed by atoms with van der Waals surface area (Å²) in [5.74, 6) is 2.58. The fraction of sp³-hybridized carbons (Fsp3) is 0.882. The number of allylic oxidation sites excluding steroid dienone is 1. The first-order chi connectivity index (χ1) is 8.58. The summed E-state index contributed by atoms with van der Waals surface area (Å²) in [4.78, 5) is 0. The smallest absolute Gasteiger partial charge is 0.0459 e. The lowest BCUT2D eigenvalue weighted by molar-refractivity contribution is 0.139. The predicted octanol–water partition coefficient (Wildman–Crippen LogP) is 4.80. The summed E-state index contributed by atoms with van der Waals surface area (Å²) in [6, 6.07) is 0. The summed E-state index contributed by atoms with van der Waals surface area (Å²) in [6.07, 6.45) is 8.92. The molecule has 1 nitrogen and oxygen atoms in total. The van der Waals surface area contributed by atoms with Crippen LogP contribution in [0.3, 0.4) is 0 Å². The van der Waals surface area contributed by atoms with Gasteiger partial charge in [0.15, 0.2) is 0 Å². The molecule has 1 heteroatoms. The van der Waals surface area contributed by atoms with Crippen molar-refractivity contribution in [2.45, 2.75) is 65.7 Å². The van der Waals surface area contributed by atoms with Gasteiger partial charge in [0.1, 0.15) is 0 Å². The highest BCUT2D eigenvalue weighted by molar-refractivity contribution is 5.06. The van der Waals surface area contributed by atoms with Gasteiger partial charge in [-0.3, -0.25) is 0 Å². The molecule has 106 valence electrons. The van der Waals surface area contributed by atoms with Crippen LogP contribution in [0.4, 0.5) is 0 Å². The topological polar surface area (TPSA) is 20.2 Å². The summed E-state index contributed by atoms with van der Waals surface area (Å²) >= 11 is 0.